The summed E-state index contributed by atoms with van der Waals surface area (Å²) in [6, 6.07) is 58.0. The molecule has 1 aliphatic rings. The molecule has 0 saturated carbocycles. The quantitative estimate of drug-likeness (QED) is 0.176. The molecule has 52 heavy (non-hydrogen) atoms. The zero-order chi connectivity index (χ0) is 34.6. The molecule has 2 unspecified atom stereocenters. The number of nitrogens with zero attached hydrogens (tertiary/aromatic N) is 1. The van der Waals surface area contributed by atoms with Crippen molar-refractivity contribution in [2.45, 2.75) is 13.0 Å². The maximum Gasteiger partial charge on any atom is 0.143 e. The summed E-state index contributed by atoms with van der Waals surface area (Å²) in [5.41, 5.74) is 12.9. The van der Waals surface area contributed by atoms with Crippen LogP contribution in [-0.4, -0.2) is 6.04 Å². The van der Waals surface area contributed by atoms with Crippen molar-refractivity contribution in [1.82, 2.24) is 0 Å². The van der Waals surface area contributed by atoms with Gasteiger partial charge in [0, 0.05) is 44.0 Å². The Morgan fingerprint density at radius 3 is 1.44 bits per heavy atom. The van der Waals surface area contributed by atoms with Gasteiger partial charge in [0.1, 0.15) is 22.3 Å². The van der Waals surface area contributed by atoms with Gasteiger partial charge in [-0.2, -0.15) is 0 Å². The molecule has 2 atom stereocenters. The van der Waals surface area contributed by atoms with E-state index in [1.54, 1.807) is 0 Å². The van der Waals surface area contributed by atoms with E-state index in [1.165, 1.54) is 11.1 Å². The Labute approximate surface area is 302 Å². The van der Waals surface area contributed by atoms with Crippen LogP contribution < -0.4 is 4.90 Å². The molecule has 0 amide bonds. The number of fused-ring (bicyclic) bond motifs is 6. The lowest BCUT2D eigenvalue weighted by Gasteiger charge is -2.37. The Morgan fingerprint density at radius 1 is 0.442 bits per heavy atom. The third-order valence-electron chi connectivity index (χ3n) is 10.6. The predicted octanol–water partition coefficient (Wildman–Crippen LogP) is 13.6. The highest BCUT2D eigenvalue weighted by atomic mass is 16.3. The Balaban J connectivity index is 1.05. The van der Waals surface area contributed by atoms with E-state index in [4.69, 9.17) is 8.83 Å². The molecule has 1 aliphatic carbocycles. The molecule has 248 valence electrons. The van der Waals surface area contributed by atoms with Crippen molar-refractivity contribution in [3.05, 3.63) is 188 Å². The molecule has 0 spiro atoms. The van der Waals surface area contributed by atoms with E-state index in [1.807, 2.05) is 24.3 Å². The first-order valence-electron chi connectivity index (χ1n) is 18.0. The van der Waals surface area contributed by atoms with E-state index in [0.29, 0.717) is 0 Å². The van der Waals surface area contributed by atoms with Gasteiger partial charge in [-0.15, -0.1) is 0 Å². The summed E-state index contributed by atoms with van der Waals surface area (Å²) in [4.78, 5) is 2.47. The third-order valence-corrected chi connectivity index (χ3v) is 10.6. The van der Waals surface area contributed by atoms with E-state index in [2.05, 4.69) is 170 Å². The Kier molecular flexibility index (Phi) is 7.17. The highest BCUT2D eigenvalue weighted by Gasteiger charge is 2.26. The molecule has 10 rings (SSSR count). The van der Waals surface area contributed by atoms with E-state index < -0.39 is 0 Å². The minimum absolute atomic E-state index is 0.113. The first-order valence-corrected chi connectivity index (χ1v) is 18.0. The van der Waals surface area contributed by atoms with Crippen molar-refractivity contribution in [2.24, 2.45) is 5.92 Å². The van der Waals surface area contributed by atoms with Crippen LogP contribution in [0.4, 0.5) is 11.4 Å². The van der Waals surface area contributed by atoms with Gasteiger partial charge in [-0.05, 0) is 64.6 Å². The van der Waals surface area contributed by atoms with Gasteiger partial charge in [0.2, 0.25) is 0 Å². The van der Waals surface area contributed by atoms with Gasteiger partial charge in [0.15, 0.2) is 0 Å². The second kappa shape index (κ2) is 12.3. The van der Waals surface area contributed by atoms with Crippen LogP contribution in [0.1, 0.15) is 12.5 Å². The summed E-state index contributed by atoms with van der Waals surface area (Å²) in [7, 11) is 0. The van der Waals surface area contributed by atoms with Crippen molar-refractivity contribution in [3.8, 4) is 22.3 Å². The molecular weight excluding hydrogens is 635 g/mol. The second-order valence-electron chi connectivity index (χ2n) is 13.7. The number of hydrogen-bond donors (Lipinski definition) is 0. The van der Waals surface area contributed by atoms with Gasteiger partial charge < -0.3 is 13.7 Å². The molecule has 7 aromatic carbocycles. The van der Waals surface area contributed by atoms with Crippen molar-refractivity contribution >= 4 is 60.8 Å². The van der Waals surface area contributed by atoms with Crippen LogP contribution in [0, 0.1) is 5.92 Å². The average molecular weight is 670 g/mol. The minimum Gasteiger partial charge on any atom is -0.455 e. The van der Waals surface area contributed by atoms with Gasteiger partial charge >= 0.3 is 0 Å². The molecule has 0 N–H and O–H groups in total. The maximum atomic E-state index is 6.40. The van der Waals surface area contributed by atoms with Crippen LogP contribution in [0.25, 0.3) is 71.7 Å². The molecule has 9 aromatic rings. The molecule has 0 bridgehead atoms. The number of furan rings is 2. The third kappa shape index (κ3) is 5.05. The largest absolute Gasteiger partial charge is 0.455 e. The monoisotopic (exact) mass is 669 g/mol. The fraction of sp³-hybridized carbons (Fsp3) is 0.0612. The van der Waals surface area contributed by atoms with E-state index >= 15 is 0 Å². The Morgan fingerprint density at radius 2 is 0.923 bits per heavy atom. The van der Waals surface area contributed by atoms with Crippen LogP contribution in [0.15, 0.2) is 191 Å². The van der Waals surface area contributed by atoms with Crippen molar-refractivity contribution in [2.75, 3.05) is 4.90 Å². The standard InChI is InChI=1S/C49H35NO2/c1-32-31-36(33-11-3-2-4-12-33)25-30-45(32)50(37-26-21-34(22-27-37)39-15-9-17-43-41-13-5-7-19-46(41)51-48(39)43)38-28-23-35(24-29-38)40-16-10-18-44-42-14-6-8-20-47(42)52-49(40)44/h2-32,45H,1H3. The molecular formula is C49H35NO2. The van der Waals surface area contributed by atoms with Crippen LogP contribution in [0.3, 0.4) is 0 Å². The number of hydrogen-bond acceptors (Lipinski definition) is 3. The molecule has 0 saturated heterocycles. The van der Waals surface area contributed by atoms with Crippen LogP contribution in [0.2, 0.25) is 0 Å². The molecule has 2 heterocycles. The summed E-state index contributed by atoms with van der Waals surface area (Å²) in [6.07, 6.45) is 7.04. The lowest BCUT2D eigenvalue weighted by atomic mass is 9.88. The summed E-state index contributed by atoms with van der Waals surface area (Å²) < 4.78 is 12.8. The predicted molar refractivity (Wildman–Crippen MR) is 217 cm³/mol. The smallest absolute Gasteiger partial charge is 0.143 e. The van der Waals surface area contributed by atoms with Gasteiger partial charge in [-0.3, -0.25) is 0 Å². The van der Waals surface area contributed by atoms with Gasteiger partial charge in [0.05, 0.1) is 6.04 Å². The molecule has 0 radical (unpaired) electrons. The lowest BCUT2D eigenvalue weighted by molar-refractivity contribution is 0.611. The van der Waals surface area contributed by atoms with E-state index in [0.717, 1.165) is 77.5 Å². The Hall–Kier alpha value is -6.58. The highest BCUT2D eigenvalue weighted by Crippen LogP contribution is 2.41. The van der Waals surface area contributed by atoms with Crippen LogP contribution in [-0.2, 0) is 0 Å². The summed E-state index contributed by atoms with van der Waals surface area (Å²) in [6.45, 7) is 2.32. The van der Waals surface area contributed by atoms with Crippen LogP contribution >= 0.6 is 0 Å². The average Bonchev–Trinajstić information content (AvgIpc) is 3.78. The van der Waals surface area contributed by atoms with Crippen molar-refractivity contribution in [1.29, 1.82) is 0 Å². The van der Waals surface area contributed by atoms with Crippen LogP contribution in [0.5, 0.6) is 0 Å². The Bertz CT molecular complexity index is 2640. The number of anilines is 2. The molecule has 0 fully saturated rings. The second-order valence-corrected chi connectivity index (χ2v) is 13.7. The van der Waals surface area contributed by atoms with Crippen molar-refractivity contribution < 1.29 is 8.83 Å². The fourth-order valence-electron chi connectivity index (χ4n) is 8.00. The fourth-order valence-corrected chi connectivity index (χ4v) is 8.00. The van der Waals surface area contributed by atoms with Gasteiger partial charge in [-0.1, -0.05) is 153 Å². The summed E-state index contributed by atoms with van der Waals surface area (Å²) in [5.74, 6) is 0.258. The van der Waals surface area contributed by atoms with Crippen molar-refractivity contribution in [3.63, 3.8) is 0 Å². The number of allylic oxidation sites excluding steroid dienone is 2. The minimum atomic E-state index is 0.113. The lowest BCUT2D eigenvalue weighted by Crippen LogP contribution is -2.35. The normalized spacial score (nSPS) is 15.8. The number of benzene rings is 7. The zero-order valence-electron chi connectivity index (χ0n) is 28.7. The SMILES string of the molecule is CC1C=C(c2ccccc2)C=CC1N(c1ccc(-c2cccc3c2oc2ccccc23)cc1)c1ccc(-c2cccc3c2oc2ccccc23)cc1. The summed E-state index contributed by atoms with van der Waals surface area (Å²) in [5, 5.41) is 4.56. The van der Waals surface area contributed by atoms with Gasteiger partial charge in [0.25, 0.3) is 0 Å². The molecule has 0 aliphatic heterocycles. The zero-order valence-corrected chi connectivity index (χ0v) is 28.7. The van der Waals surface area contributed by atoms with E-state index in [-0.39, 0.29) is 12.0 Å². The van der Waals surface area contributed by atoms with Gasteiger partial charge in [-0.25, -0.2) is 0 Å². The molecule has 3 heteroatoms. The highest BCUT2D eigenvalue weighted by molar-refractivity contribution is 6.10. The molecule has 2 aromatic heterocycles. The summed E-state index contributed by atoms with van der Waals surface area (Å²) >= 11 is 0. The maximum absolute atomic E-state index is 6.40. The number of para-hydroxylation sites is 4. The topological polar surface area (TPSA) is 29.5 Å². The number of rotatable bonds is 6. The first-order chi connectivity index (χ1) is 25.7. The first kappa shape index (κ1) is 30.3. The van der Waals surface area contributed by atoms with E-state index in [9.17, 15) is 0 Å². The molecule has 3 nitrogen and oxygen atoms in total.